The number of nitrogens with zero attached hydrogens (tertiary/aromatic N) is 2. The van der Waals surface area contributed by atoms with E-state index in [9.17, 15) is 9.59 Å². The smallest absolute Gasteiger partial charge is 0.317 e. The van der Waals surface area contributed by atoms with Crippen LogP contribution in [0.5, 0.6) is 0 Å². The summed E-state index contributed by atoms with van der Waals surface area (Å²) in [5, 5.41) is 3.23. The summed E-state index contributed by atoms with van der Waals surface area (Å²) in [6.45, 7) is 3.11. The average molecular weight is 533 g/mol. The van der Waals surface area contributed by atoms with Gasteiger partial charge in [0, 0.05) is 45.2 Å². The third kappa shape index (κ3) is 8.56. The summed E-state index contributed by atoms with van der Waals surface area (Å²) in [5.41, 5.74) is 8.79. The molecule has 5 rings (SSSR count). The van der Waals surface area contributed by atoms with Gasteiger partial charge in [-0.1, -0.05) is 60.7 Å². The molecular formula is C33H48N4O2. The highest BCUT2D eigenvalue weighted by Crippen LogP contribution is 2.33. The first-order valence-electron chi connectivity index (χ1n) is 15.0. The number of urea groups is 1. The van der Waals surface area contributed by atoms with Gasteiger partial charge in [-0.15, -0.1) is 0 Å². The Morgan fingerprint density at radius 1 is 0.744 bits per heavy atom. The van der Waals surface area contributed by atoms with Crippen LogP contribution in [0.3, 0.4) is 0 Å². The van der Waals surface area contributed by atoms with Crippen LogP contribution in [0.4, 0.5) is 4.79 Å². The molecule has 0 aromatic heterocycles. The number of benzene rings is 2. The zero-order chi connectivity index (χ0) is 27.6. The van der Waals surface area contributed by atoms with Gasteiger partial charge in [0.2, 0.25) is 5.91 Å². The van der Waals surface area contributed by atoms with Crippen molar-refractivity contribution in [2.45, 2.75) is 101 Å². The molecule has 3 fully saturated rings. The molecule has 1 aliphatic heterocycles. The van der Waals surface area contributed by atoms with Crippen LogP contribution in [-0.2, 0) is 4.79 Å². The van der Waals surface area contributed by atoms with Crippen molar-refractivity contribution in [1.82, 2.24) is 15.1 Å². The summed E-state index contributed by atoms with van der Waals surface area (Å²) < 4.78 is 0. The Hall–Kier alpha value is -2.86. The average Bonchev–Trinajstić information content (AvgIpc) is 2.99. The van der Waals surface area contributed by atoms with Crippen LogP contribution in [-0.4, -0.2) is 60.0 Å². The van der Waals surface area contributed by atoms with Gasteiger partial charge >= 0.3 is 6.03 Å². The topological polar surface area (TPSA) is 78.7 Å². The third-order valence-electron chi connectivity index (χ3n) is 9.15. The van der Waals surface area contributed by atoms with Crippen LogP contribution in [0.2, 0.25) is 0 Å². The molecule has 0 bridgehead atoms. The molecule has 0 unspecified atom stereocenters. The summed E-state index contributed by atoms with van der Waals surface area (Å²) in [4.78, 5) is 27.8. The highest BCUT2D eigenvalue weighted by molar-refractivity contribution is 5.75. The van der Waals surface area contributed by atoms with Gasteiger partial charge < -0.3 is 20.9 Å². The molecule has 1 saturated heterocycles. The van der Waals surface area contributed by atoms with E-state index in [-0.39, 0.29) is 24.0 Å². The molecule has 3 aliphatic rings. The summed E-state index contributed by atoms with van der Waals surface area (Å²) in [6.07, 6.45) is 11.0. The summed E-state index contributed by atoms with van der Waals surface area (Å²) in [5.74, 6) is 1.52. The van der Waals surface area contributed by atoms with Gasteiger partial charge in [-0.05, 0) is 87.2 Å². The molecule has 0 atom stereocenters. The molecule has 2 aromatic carbocycles. The van der Waals surface area contributed by atoms with Gasteiger partial charge in [-0.2, -0.15) is 0 Å². The number of carbonyl (C=O) groups excluding carboxylic acids is 2. The fourth-order valence-corrected chi connectivity index (χ4v) is 6.48. The first-order valence-corrected chi connectivity index (χ1v) is 15.0. The molecule has 212 valence electrons. The number of nitrogens with two attached hydrogens (primary N) is 1. The second kappa shape index (κ2) is 14.5. The molecule has 2 aliphatic carbocycles. The summed E-state index contributed by atoms with van der Waals surface area (Å²) in [6, 6.07) is 22.5. The second-order valence-electron chi connectivity index (χ2n) is 11.8. The van der Waals surface area contributed by atoms with Crippen molar-refractivity contribution in [1.29, 1.82) is 0 Å². The molecule has 6 nitrogen and oxygen atoms in total. The van der Waals surface area contributed by atoms with Gasteiger partial charge in [0.1, 0.15) is 0 Å². The van der Waals surface area contributed by atoms with E-state index >= 15 is 0 Å². The van der Waals surface area contributed by atoms with Gasteiger partial charge in [0.05, 0.1) is 0 Å². The lowest BCUT2D eigenvalue weighted by Gasteiger charge is -2.37. The third-order valence-corrected chi connectivity index (χ3v) is 9.15. The number of piperidine rings is 1. The highest BCUT2D eigenvalue weighted by atomic mass is 16.2. The van der Waals surface area contributed by atoms with Crippen molar-refractivity contribution in [3.05, 3.63) is 71.8 Å². The van der Waals surface area contributed by atoms with E-state index in [0.29, 0.717) is 12.0 Å². The zero-order valence-electron chi connectivity index (χ0n) is 23.9. The predicted octanol–water partition coefficient (Wildman–Crippen LogP) is 6.04. The molecule has 2 aromatic rings. The Kier molecular flexibility index (Phi) is 10.8. The first-order chi connectivity index (χ1) is 18.9. The maximum Gasteiger partial charge on any atom is 0.317 e. The van der Waals surface area contributed by atoms with Crippen LogP contribution >= 0.6 is 0 Å². The fourth-order valence-electron chi connectivity index (χ4n) is 6.48. The van der Waals surface area contributed by atoms with E-state index in [0.717, 1.165) is 57.5 Å². The normalized spacial score (nSPS) is 25.7. The zero-order valence-corrected chi connectivity index (χ0v) is 23.9. The van der Waals surface area contributed by atoms with E-state index < -0.39 is 0 Å². The molecule has 6 heteroatoms. The SMILES string of the molecule is CC(=O)N1CCC(N(C)C(=O)NC2CCC(c3ccccc3)CC2)CC1.NC1CCC(c2ccccc2)CC1. The number of amides is 3. The second-order valence-corrected chi connectivity index (χ2v) is 11.8. The van der Waals surface area contributed by atoms with Crippen LogP contribution in [0.25, 0.3) is 0 Å². The number of hydrogen-bond donors (Lipinski definition) is 2. The largest absolute Gasteiger partial charge is 0.343 e. The Labute approximate surface area is 235 Å². The minimum absolute atomic E-state index is 0.0365. The maximum atomic E-state index is 12.6. The fraction of sp³-hybridized carbons (Fsp3) is 0.576. The van der Waals surface area contributed by atoms with Crippen molar-refractivity contribution in [2.75, 3.05) is 20.1 Å². The Balaban J connectivity index is 0.000000226. The standard InChI is InChI=1S/C21H31N3O2.C12H17N/c1-16(25)24-14-12-20(13-15-24)23(2)21(26)22-19-10-8-18(9-11-19)17-6-4-3-5-7-17;13-12-8-6-11(7-9-12)10-4-2-1-3-5-10/h3-7,18-20H,8-15H2,1-2H3,(H,22,26);1-5,11-12H,6-9,13H2. The minimum Gasteiger partial charge on any atom is -0.343 e. The van der Waals surface area contributed by atoms with E-state index in [1.54, 1.807) is 6.92 Å². The van der Waals surface area contributed by atoms with E-state index in [2.05, 4.69) is 66.0 Å². The highest BCUT2D eigenvalue weighted by Gasteiger charge is 2.29. The Morgan fingerprint density at radius 3 is 1.67 bits per heavy atom. The number of nitrogens with one attached hydrogen (secondary N) is 1. The summed E-state index contributed by atoms with van der Waals surface area (Å²) >= 11 is 0. The lowest BCUT2D eigenvalue weighted by atomic mass is 9.82. The number of hydrogen-bond acceptors (Lipinski definition) is 3. The van der Waals surface area contributed by atoms with Gasteiger partial charge in [0.25, 0.3) is 0 Å². The molecule has 3 N–H and O–H groups in total. The first kappa shape index (κ1) is 29.1. The quantitative estimate of drug-likeness (QED) is 0.504. The van der Waals surface area contributed by atoms with Crippen molar-refractivity contribution >= 4 is 11.9 Å². The van der Waals surface area contributed by atoms with Crippen molar-refractivity contribution < 1.29 is 9.59 Å². The Bertz CT molecular complexity index is 1010. The van der Waals surface area contributed by atoms with E-state index in [4.69, 9.17) is 5.73 Å². The van der Waals surface area contributed by atoms with E-state index in [1.165, 1.54) is 36.8 Å². The lowest BCUT2D eigenvalue weighted by Crippen LogP contribution is -2.51. The van der Waals surface area contributed by atoms with Gasteiger partial charge in [-0.25, -0.2) is 4.79 Å². The molecule has 1 heterocycles. The van der Waals surface area contributed by atoms with Gasteiger partial charge in [0.15, 0.2) is 0 Å². The number of rotatable bonds is 4. The van der Waals surface area contributed by atoms with Crippen LogP contribution in [0.15, 0.2) is 60.7 Å². The Morgan fingerprint density at radius 2 is 1.21 bits per heavy atom. The molecular weight excluding hydrogens is 484 g/mol. The number of carbonyl (C=O) groups is 2. The van der Waals surface area contributed by atoms with Crippen molar-refractivity contribution in [3.63, 3.8) is 0 Å². The van der Waals surface area contributed by atoms with Crippen LogP contribution in [0.1, 0.15) is 94.1 Å². The monoisotopic (exact) mass is 532 g/mol. The number of likely N-dealkylation sites (tertiary alicyclic amines) is 1. The van der Waals surface area contributed by atoms with Crippen molar-refractivity contribution in [3.8, 4) is 0 Å². The molecule has 0 spiro atoms. The molecule has 2 saturated carbocycles. The van der Waals surface area contributed by atoms with E-state index in [1.807, 2.05) is 16.8 Å². The van der Waals surface area contributed by atoms with Crippen molar-refractivity contribution in [2.24, 2.45) is 5.73 Å². The molecule has 39 heavy (non-hydrogen) atoms. The van der Waals surface area contributed by atoms with Gasteiger partial charge in [-0.3, -0.25) is 4.79 Å². The lowest BCUT2D eigenvalue weighted by molar-refractivity contribution is -0.130. The minimum atomic E-state index is 0.0365. The maximum absolute atomic E-state index is 12.6. The van der Waals surface area contributed by atoms with Crippen LogP contribution in [0, 0.1) is 0 Å². The predicted molar refractivity (Wildman–Crippen MR) is 159 cm³/mol. The summed E-state index contributed by atoms with van der Waals surface area (Å²) in [7, 11) is 1.89. The molecule has 3 amide bonds. The molecule has 0 radical (unpaired) electrons. The van der Waals surface area contributed by atoms with Crippen LogP contribution < -0.4 is 11.1 Å².